The molecule has 3 saturated heterocycles. The number of likely N-dealkylation sites (N-methyl/N-ethyl adjacent to an activating group) is 1. The zero-order valence-electron chi connectivity index (χ0n) is 22.9. The van der Waals surface area contributed by atoms with Gasteiger partial charge in [-0.2, -0.15) is 0 Å². The van der Waals surface area contributed by atoms with Gasteiger partial charge in [0, 0.05) is 38.0 Å². The molecule has 1 aromatic carbocycles. The number of nitrogens with zero attached hydrogens (tertiary/aromatic N) is 3. The highest BCUT2D eigenvalue weighted by atomic mass is 19.1. The number of likely N-dealkylation sites (tertiary alicyclic amines) is 2. The fraction of sp³-hybridized carbons (Fsp3) is 0.733. The molecule has 0 aromatic heterocycles. The molecular weight excluding hydrogens is 469 g/mol. The predicted octanol–water partition coefficient (Wildman–Crippen LogP) is 5.28. The zero-order chi connectivity index (χ0) is 26.2. The fourth-order valence-corrected chi connectivity index (χ4v) is 7.51. The minimum Gasteiger partial charge on any atom is -0.447 e. The number of hydrogen-bond donors (Lipinski definition) is 0. The smallest absolute Gasteiger partial charge is 0.410 e. The van der Waals surface area contributed by atoms with E-state index in [1.807, 2.05) is 17.0 Å². The second-order valence-electron chi connectivity index (χ2n) is 12.8. The van der Waals surface area contributed by atoms with Gasteiger partial charge in [0.2, 0.25) is 5.91 Å². The Labute approximate surface area is 221 Å². The maximum atomic E-state index is 13.9. The second-order valence-corrected chi connectivity index (χ2v) is 12.8. The molecular formula is C30H44FN3O3. The lowest BCUT2D eigenvalue weighted by Crippen LogP contribution is -2.56. The van der Waals surface area contributed by atoms with E-state index in [0.29, 0.717) is 12.5 Å². The average Bonchev–Trinajstić information content (AvgIpc) is 3.16. The van der Waals surface area contributed by atoms with E-state index < -0.39 is 0 Å². The van der Waals surface area contributed by atoms with E-state index in [1.165, 1.54) is 44.2 Å². The van der Waals surface area contributed by atoms with Gasteiger partial charge in [-0.15, -0.1) is 0 Å². The van der Waals surface area contributed by atoms with Crippen LogP contribution >= 0.6 is 0 Å². The summed E-state index contributed by atoms with van der Waals surface area (Å²) in [5, 5.41) is 0. The highest BCUT2D eigenvalue weighted by Crippen LogP contribution is 2.48. The van der Waals surface area contributed by atoms with Crippen LogP contribution in [0.4, 0.5) is 9.18 Å². The summed E-state index contributed by atoms with van der Waals surface area (Å²) in [6, 6.07) is 6.72. The van der Waals surface area contributed by atoms with Gasteiger partial charge in [0.15, 0.2) is 0 Å². The number of ether oxygens (including phenoxy) is 1. The number of rotatable bonds is 5. The first-order valence-electron chi connectivity index (χ1n) is 14.4. The van der Waals surface area contributed by atoms with Gasteiger partial charge in [-0.3, -0.25) is 9.69 Å². The average molecular weight is 514 g/mol. The van der Waals surface area contributed by atoms with Gasteiger partial charge in [0.25, 0.3) is 0 Å². The van der Waals surface area contributed by atoms with Crippen LogP contribution in [-0.4, -0.2) is 78.6 Å². The largest absolute Gasteiger partial charge is 0.447 e. The van der Waals surface area contributed by atoms with E-state index in [0.717, 1.165) is 57.5 Å². The van der Waals surface area contributed by atoms with E-state index in [4.69, 9.17) is 4.74 Å². The molecule has 0 spiro atoms. The Bertz CT molecular complexity index is 967. The number of carbonyl (C=O) groups is 2. The molecule has 6 nitrogen and oxygen atoms in total. The van der Waals surface area contributed by atoms with Gasteiger partial charge in [-0.1, -0.05) is 31.4 Å². The van der Waals surface area contributed by atoms with E-state index >= 15 is 0 Å². The number of amides is 2. The minimum atomic E-state index is -0.289. The summed E-state index contributed by atoms with van der Waals surface area (Å²) < 4.78 is 19.1. The summed E-state index contributed by atoms with van der Waals surface area (Å²) in [7, 11) is 2.10. The van der Waals surface area contributed by atoms with E-state index in [2.05, 4.69) is 30.7 Å². The van der Waals surface area contributed by atoms with Crippen molar-refractivity contribution >= 4 is 12.0 Å². The molecule has 3 aliphatic heterocycles. The third-order valence-electron chi connectivity index (χ3n) is 9.95. The molecule has 204 valence electrons. The van der Waals surface area contributed by atoms with Crippen LogP contribution in [0.2, 0.25) is 0 Å². The first kappa shape index (κ1) is 26.5. The normalized spacial score (nSPS) is 28.8. The minimum absolute atomic E-state index is 0.0426. The lowest BCUT2D eigenvalue weighted by Gasteiger charge is -2.51. The molecule has 0 radical (unpaired) electrons. The lowest BCUT2D eigenvalue weighted by molar-refractivity contribution is -0.141. The molecule has 37 heavy (non-hydrogen) atoms. The summed E-state index contributed by atoms with van der Waals surface area (Å²) in [5.74, 6) is 0.614. The molecule has 0 N–H and O–H groups in total. The number of hydrogen-bond acceptors (Lipinski definition) is 4. The summed E-state index contributed by atoms with van der Waals surface area (Å²) in [5.41, 5.74) is 0.804. The third-order valence-corrected chi connectivity index (χ3v) is 9.95. The van der Waals surface area contributed by atoms with E-state index in [1.54, 1.807) is 0 Å². The van der Waals surface area contributed by atoms with Crippen LogP contribution in [0, 0.1) is 23.1 Å². The Morgan fingerprint density at radius 2 is 1.70 bits per heavy atom. The van der Waals surface area contributed by atoms with Crippen molar-refractivity contribution in [2.75, 3.05) is 46.4 Å². The molecule has 1 unspecified atom stereocenters. The number of carbonyl (C=O) groups excluding carboxylic acids is 2. The van der Waals surface area contributed by atoms with Crippen LogP contribution in [0.25, 0.3) is 0 Å². The maximum absolute atomic E-state index is 13.9. The topological polar surface area (TPSA) is 53.1 Å². The van der Waals surface area contributed by atoms with Gasteiger partial charge in [0.1, 0.15) is 12.4 Å². The van der Waals surface area contributed by atoms with Crippen molar-refractivity contribution in [1.29, 1.82) is 0 Å². The maximum Gasteiger partial charge on any atom is 0.410 e. The van der Waals surface area contributed by atoms with Crippen LogP contribution in [0.1, 0.15) is 76.7 Å². The highest BCUT2D eigenvalue weighted by molar-refractivity contribution is 5.80. The Hall–Kier alpha value is -2.15. The number of piperidine rings is 2. The van der Waals surface area contributed by atoms with Gasteiger partial charge in [-0.05, 0) is 88.6 Å². The van der Waals surface area contributed by atoms with Gasteiger partial charge in [-0.25, -0.2) is 9.18 Å². The van der Waals surface area contributed by atoms with Crippen molar-refractivity contribution < 1.29 is 18.7 Å². The molecule has 7 heteroatoms. The zero-order valence-corrected chi connectivity index (χ0v) is 22.9. The summed E-state index contributed by atoms with van der Waals surface area (Å²) in [6.07, 6.45) is 8.79. The molecule has 2 amide bonds. The first-order valence-corrected chi connectivity index (χ1v) is 14.4. The quantitative estimate of drug-likeness (QED) is 0.538. The standard InChI is InChI=1S/C30H44FN3O3/c1-29(2)21-37-28(36)34(29)20-30(23-7-5-4-6-8-23)14-17-33(18-15-30)27(35)25-13-16-32(3)19-26(25)22-9-11-24(31)12-10-22/h9-12,23,25-26H,4-8,13-21H2,1-3H3/t25?,26-/m0/s1. The van der Waals surface area contributed by atoms with Crippen molar-refractivity contribution in [2.45, 2.75) is 76.7 Å². The first-order chi connectivity index (χ1) is 17.7. The summed E-state index contributed by atoms with van der Waals surface area (Å²) in [4.78, 5) is 33.0. The molecule has 5 rings (SSSR count). The predicted molar refractivity (Wildman–Crippen MR) is 142 cm³/mol. The van der Waals surface area contributed by atoms with Crippen LogP contribution in [0.15, 0.2) is 24.3 Å². The van der Waals surface area contributed by atoms with Crippen molar-refractivity contribution in [2.24, 2.45) is 17.3 Å². The van der Waals surface area contributed by atoms with E-state index in [-0.39, 0.29) is 40.6 Å². The molecule has 1 saturated carbocycles. The summed E-state index contributed by atoms with van der Waals surface area (Å²) >= 11 is 0. The monoisotopic (exact) mass is 513 g/mol. The van der Waals surface area contributed by atoms with Crippen molar-refractivity contribution in [3.8, 4) is 0 Å². The Morgan fingerprint density at radius 1 is 1.03 bits per heavy atom. The molecule has 4 fully saturated rings. The van der Waals surface area contributed by atoms with Crippen molar-refractivity contribution in [1.82, 2.24) is 14.7 Å². The third kappa shape index (κ3) is 5.39. The molecule has 2 atom stereocenters. The molecule has 1 aliphatic carbocycles. The number of cyclic esters (lactones) is 1. The second kappa shape index (κ2) is 10.5. The van der Waals surface area contributed by atoms with Gasteiger partial charge in [0.05, 0.1) is 5.54 Å². The Balaban J connectivity index is 1.32. The van der Waals surface area contributed by atoms with E-state index in [9.17, 15) is 14.0 Å². The fourth-order valence-electron chi connectivity index (χ4n) is 7.51. The highest BCUT2D eigenvalue weighted by Gasteiger charge is 2.50. The number of halogens is 1. The summed E-state index contributed by atoms with van der Waals surface area (Å²) in [6.45, 7) is 8.59. The van der Waals surface area contributed by atoms with Crippen LogP contribution in [-0.2, 0) is 9.53 Å². The van der Waals surface area contributed by atoms with Crippen molar-refractivity contribution in [3.05, 3.63) is 35.6 Å². The van der Waals surface area contributed by atoms with Gasteiger partial charge >= 0.3 is 6.09 Å². The van der Waals surface area contributed by atoms with Crippen LogP contribution in [0.5, 0.6) is 0 Å². The Morgan fingerprint density at radius 3 is 2.32 bits per heavy atom. The molecule has 1 aromatic rings. The van der Waals surface area contributed by atoms with Crippen LogP contribution < -0.4 is 0 Å². The van der Waals surface area contributed by atoms with Crippen LogP contribution in [0.3, 0.4) is 0 Å². The Kier molecular flexibility index (Phi) is 7.54. The van der Waals surface area contributed by atoms with Crippen molar-refractivity contribution in [3.63, 3.8) is 0 Å². The number of benzene rings is 1. The van der Waals surface area contributed by atoms with Gasteiger partial charge < -0.3 is 14.5 Å². The lowest BCUT2D eigenvalue weighted by atomic mass is 9.63. The molecule has 0 bridgehead atoms. The SMILES string of the molecule is CN1CCC(C(=O)N2CCC(CN3C(=O)OCC3(C)C)(C3CCCCC3)CC2)[C@H](c2ccc(F)cc2)C1. The molecule has 4 aliphatic rings. The molecule has 3 heterocycles.